The number of pyridine rings is 1. The minimum Gasteiger partial charge on any atom is -0.494 e. The minimum atomic E-state index is -0.562. The summed E-state index contributed by atoms with van der Waals surface area (Å²) in [6, 6.07) is 36.0. The second-order valence-corrected chi connectivity index (χ2v) is 16.8. The first-order chi connectivity index (χ1) is 33.7. The summed E-state index contributed by atoms with van der Waals surface area (Å²) in [5.41, 5.74) is 5.58. The Morgan fingerprint density at radius 2 is 0.884 bits per heavy atom. The summed E-state index contributed by atoms with van der Waals surface area (Å²) < 4.78 is 31.8. The molecule has 0 amide bonds. The summed E-state index contributed by atoms with van der Waals surface area (Å²) >= 11 is 4.21. The second-order valence-electron chi connectivity index (χ2n) is 14.2. The number of carbonyl (C=O) groups excluding carboxylic acids is 3. The van der Waals surface area contributed by atoms with Crippen LogP contribution >= 0.6 is 34.0 Å². The summed E-state index contributed by atoms with van der Waals surface area (Å²) in [4.78, 5) is 52.9. The standard InChI is InChI=1S/C19H17NO3S.C18H16N2O3S.C16H15NO3S/c1-2-22-16-10-8-15(9-11-16)18-20-17(13-24-18)19(21)23-12-14-6-4-3-5-7-14;1-2-22-15-5-3-14(4-6-15)17-20-16(12-24-17)18(21)23-11-13-7-9-19-10-8-13;1-4-11(3)20-16(18)14-10-21-15(17-14)12-6-8-13(9-7-12)19-5-2/h3-11,13H,2,12H2,1H3;3-10,12H,2,11H2,1H3;1,6-11H,5H2,2-3H3. The molecule has 0 saturated carbocycles. The van der Waals surface area contributed by atoms with Crippen LogP contribution in [0.4, 0.5) is 0 Å². The number of ether oxygens (including phenoxy) is 6. The van der Waals surface area contributed by atoms with Crippen molar-refractivity contribution in [3.63, 3.8) is 0 Å². The predicted octanol–water partition coefficient (Wildman–Crippen LogP) is 11.9. The van der Waals surface area contributed by atoms with Gasteiger partial charge >= 0.3 is 17.9 Å². The van der Waals surface area contributed by atoms with Crippen LogP contribution in [0, 0.1) is 12.3 Å². The number of esters is 3. The van der Waals surface area contributed by atoms with Crippen molar-refractivity contribution >= 4 is 51.9 Å². The van der Waals surface area contributed by atoms with Crippen molar-refractivity contribution in [2.45, 2.75) is 47.0 Å². The fraction of sp³-hybridized carbons (Fsp3) is 0.189. The first-order valence-corrected chi connectivity index (χ1v) is 24.3. The third-order valence-electron chi connectivity index (χ3n) is 9.23. The molecule has 69 heavy (non-hydrogen) atoms. The molecule has 0 aliphatic carbocycles. The zero-order chi connectivity index (χ0) is 48.8. The fourth-order valence-corrected chi connectivity index (χ4v) is 8.22. The Labute approximate surface area is 412 Å². The average molecular weight is 981 g/mol. The summed E-state index contributed by atoms with van der Waals surface area (Å²) in [6.07, 6.45) is 7.94. The van der Waals surface area contributed by atoms with E-state index in [0.29, 0.717) is 31.2 Å². The van der Waals surface area contributed by atoms with Gasteiger partial charge in [-0.15, -0.1) is 40.4 Å². The van der Waals surface area contributed by atoms with Crippen molar-refractivity contribution in [1.82, 2.24) is 19.9 Å². The topological polar surface area (TPSA) is 158 Å². The molecule has 1 unspecified atom stereocenters. The summed E-state index contributed by atoms with van der Waals surface area (Å²) in [5, 5.41) is 7.40. The largest absolute Gasteiger partial charge is 0.494 e. The Kier molecular flexibility index (Phi) is 19.5. The number of hydrogen-bond donors (Lipinski definition) is 0. The SMILES string of the molecule is C#CC(C)OC(=O)c1csc(-c2ccc(OCC)cc2)n1.CCOc1ccc(-c2nc(C(=O)OCc3ccccc3)cs2)cc1.CCOc1ccc(-c2nc(C(=O)OCc3ccncc3)cs2)cc1. The van der Waals surface area contributed by atoms with Gasteiger partial charge in [0.1, 0.15) is 45.5 Å². The van der Waals surface area contributed by atoms with Crippen LogP contribution in [0.25, 0.3) is 31.7 Å². The summed E-state index contributed by atoms with van der Waals surface area (Å²) in [7, 11) is 0. The van der Waals surface area contributed by atoms with Gasteiger partial charge in [0.05, 0.1) is 19.8 Å². The highest BCUT2D eigenvalue weighted by atomic mass is 32.1. The molecule has 1 atom stereocenters. The Hall–Kier alpha value is -7.71. The molecule has 0 saturated heterocycles. The van der Waals surface area contributed by atoms with Crippen LogP contribution in [0.1, 0.15) is 70.3 Å². The molecular weight excluding hydrogens is 933 g/mol. The van der Waals surface area contributed by atoms with Crippen LogP contribution < -0.4 is 14.2 Å². The zero-order valence-electron chi connectivity index (χ0n) is 38.2. The van der Waals surface area contributed by atoms with Gasteiger partial charge in [0.2, 0.25) is 0 Å². The van der Waals surface area contributed by atoms with Crippen LogP contribution in [-0.4, -0.2) is 63.8 Å². The van der Waals surface area contributed by atoms with E-state index in [0.717, 1.165) is 60.1 Å². The number of carbonyl (C=O) groups is 3. The first kappa shape index (κ1) is 50.7. The maximum atomic E-state index is 12.1. The Balaban J connectivity index is 0.000000171. The van der Waals surface area contributed by atoms with E-state index in [1.165, 1.54) is 34.0 Å². The molecule has 8 rings (SSSR count). The van der Waals surface area contributed by atoms with E-state index >= 15 is 0 Å². The average Bonchev–Trinajstić information content (AvgIpc) is 4.20. The van der Waals surface area contributed by atoms with Gasteiger partial charge in [-0.1, -0.05) is 36.3 Å². The third-order valence-corrected chi connectivity index (χ3v) is 11.9. The van der Waals surface area contributed by atoms with Gasteiger partial charge in [0, 0.05) is 45.2 Å². The monoisotopic (exact) mass is 980 g/mol. The smallest absolute Gasteiger partial charge is 0.359 e. The van der Waals surface area contributed by atoms with Crippen molar-refractivity contribution in [2.24, 2.45) is 0 Å². The molecule has 0 N–H and O–H groups in total. The highest BCUT2D eigenvalue weighted by molar-refractivity contribution is 7.14. The van der Waals surface area contributed by atoms with Crippen LogP contribution in [0.5, 0.6) is 17.2 Å². The van der Waals surface area contributed by atoms with Crippen LogP contribution in [0.15, 0.2) is 144 Å². The van der Waals surface area contributed by atoms with Crippen molar-refractivity contribution in [1.29, 1.82) is 0 Å². The second kappa shape index (κ2) is 26.6. The van der Waals surface area contributed by atoms with Crippen molar-refractivity contribution in [2.75, 3.05) is 19.8 Å². The number of aromatic nitrogens is 4. The summed E-state index contributed by atoms with van der Waals surface area (Å²) in [5.74, 6) is 3.44. The van der Waals surface area contributed by atoms with Crippen LogP contribution in [-0.2, 0) is 27.4 Å². The van der Waals surface area contributed by atoms with E-state index in [4.69, 9.17) is 34.8 Å². The number of terminal acetylenes is 1. The third kappa shape index (κ3) is 15.7. The zero-order valence-corrected chi connectivity index (χ0v) is 40.7. The minimum absolute atomic E-state index is 0.206. The van der Waals surface area contributed by atoms with E-state index < -0.39 is 24.0 Å². The highest BCUT2D eigenvalue weighted by Gasteiger charge is 2.17. The highest BCUT2D eigenvalue weighted by Crippen LogP contribution is 2.29. The summed E-state index contributed by atoms with van der Waals surface area (Å²) in [6.45, 7) is 9.80. The van der Waals surface area contributed by atoms with E-state index in [1.54, 1.807) is 47.6 Å². The molecule has 0 bridgehead atoms. The number of benzene rings is 4. The van der Waals surface area contributed by atoms with Crippen LogP contribution in [0.3, 0.4) is 0 Å². The molecule has 0 radical (unpaired) electrons. The van der Waals surface area contributed by atoms with Gasteiger partial charge in [0.25, 0.3) is 0 Å². The quantitative estimate of drug-likeness (QED) is 0.0482. The van der Waals surface area contributed by atoms with E-state index in [9.17, 15) is 14.4 Å². The van der Waals surface area contributed by atoms with Gasteiger partial charge in [-0.2, -0.15) is 0 Å². The molecule has 0 aliphatic rings. The molecule has 4 heterocycles. The van der Waals surface area contributed by atoms with E-state index in [2.05, 4.69) is 25.9 Å². The lowest BCUT2D eigenvalue weighted by atomic mass is 10.2. The molecule has 352 valence electrons. The number of nitrogens with zero attached hydrogens (tertiary/aromatic N) is 4. The number of hydrogen-bond acceptors (Lipinski definition) is 16. The normalized spacial score (nSPS) is 10.7. The van der Waals surface area contributed by atoms with Crippen LogP contribution in [0.2, 0.25) is 0 Å². The van der Waals surface area contributed by atoms with Crippen molar-refractivity contribution < 1.29 is 42.8 Å². The molecule has 8 aromatic rings. The lowest BCUT2D eigenvalue weighted by Gasteiger charge is -2.04. The van der Waals surface area contributed by atoms with E-state index in [-0.39, 0.29) is 18.9 Å². The van der Waals surface area contributed by atoms with Gasteiger partial charge in [-0.3, -0.25) is 4.98 Å². The molecule has 13 nitrogen and oxygen atoms in total. The Morgan fingerprint density at radius 1 is 0.522 bits per heavy atom. The molecule has 0 fully saturated rings. The van der Waals surface area contributed by atoms with Gasteiger partial charge < -0.3 is 28.4 Å². The molecule has 4 aromatic heterocycles. The predicted molar refractivity (Wildman–Crippen MR) is 269 cm³/mol. The molecule has 0 aliphatic heterocycles. The lowest BCUT2D eigenvalue weighted by Crippen LogP contribution is -2.13. The van der Waals surface area contributed by atoms with Crippen molar-refractivity contribution in [3.05, 3.63) is 172 Å². The maximum Gasteiger partial charge on any atom is 0.359 e. The van der Waals surface area contributed by atoms with E-state index in [1.807, 2.05) is 124 Å². The fourth-order valence-electron chi connectivity index (χ4n) is 5.84. The maximum absolute atomic E-state index is 12.1. The molecular formula is C53H48N4O9S3. The Bertz CT molecular complexity index is 2740. The number of thiazole rings is 3. The lowest BCUT2D eigenvalue weighted by molar-refractivity contribution is 0.0429. The first-order valence-electron chi connectivity index (χ1n) is 21.7. The van der Waals surface area contributed by atoms with Crippen molar-refractivity contribution in [3.8, 4) is 61.3 Å². The molecule has 0 spiro atoms. The van der Waals surface area contributed by atoms with Gasteiger partial charge in [-0.05, 0) is 124 Å². The number of rotatable bonds is 17. The Morgan fingerprint density at radius 3 is 1.25 bits per heavy atom. The molecule has 16 heteroatoms. The molecule has 4 aromatic carbocycles. The van der Waals surface area contributed by atoms with Gasteiger partial charge in [0.15, 0.2) is 23.2 Å². The van der Waals surface area contributed by atoms with Gasteiger partial charge in [-0.25, -0.2) is 29.3 Å².